The summed E-state index contributed by atoms with van der Waals surface area (Å²) in [5.41, 5.74) is 0. The Morgan fingerprint density at radius 1 is 0.443 bits per heavy atom. The fourth-order valence-electron chi connectivity index (χ4n) is 8.58. The van der Waals surface area contributed by atoms with Crippen molar-refractivity contribution in [3.8, 4) is 0 Å². The molecule has 0 spiro atoms. The average Bonchev–Trinajstić information content (AvgIpc) is 3.26. The summed E-state index contributed by atoms with van der Waals surface area (Å²) in [6.07, 6.45) is 59.3. The van der Waals surface area contributed by atoms with E-state index in [4.69, 9.17) is 4.74 Å². The smallest absolute Gasteiger partial charge is 0.305 e. The molecule has 6 heteroatoms. The normalized spacial score (nSPS) is 12.7. The van der Waals surface area contributed by atoms with Crippen LogP contribution in [0.5, 0.6) is 0 Å². The second kappa shape index (κ2) is 51.2. The molecule has 0 bridgehead atoms. The minimum atomic E-state index is -0.845. The van der Waals surface area contributed by atoms with Gasteiger partial charge in [-0.15, -0.1) is 0 Å². The number of ether oxygens (including phenoxy) is 1. The fourth-order valence-corrected chi connectivity index (χ4v) is 8.58. The highest BCUT2D eigenvalue weighted by atomic mass is 16.5. The number of amides is 1. The third-order valence-electron chi connectivity index (χ3n) is 12.8. The fraction of sp³-hybridized carbons (Fsp3) is 0.927. The zero-order chi connectivity index (χ0) is 44.4. The standard InChI is InChI=1S/C55H107NO5/c1-3-5-7-9-11-13-15-16-21-24-28-31-35-39-43-47-53(58)52(51-57)56-54(59)48-44-40-36-32-29-25-22-19-17-18-20-23-26-30-34-38-42-46-50-61-55(60)49-45-41-37-33-27-14-12-10-8-6-4-2/h43,47,52-53,57-58H,3-42,44-46,48-51H2,1-2H3,(H,56,59)/b47-43+. The summed E-state index contributed by atoms with van der Waals surface area (Å²) in [6, 6.07) is -0.629. The maximum absolute atomic E-state index is 12.4. The van der Waals surface area contributed by atoms with E-state index < -0.39 is 12.1 Å². The topological polar surface area (TPSA) is 95.9 Å². The second-order valence-corrected chi connectivity index (χ2v) is 18.9. The lowest BCUT2D eigenvalue weighted by Gasteiger charge is -2.20. The summed E-state index contributed by atoms with van der Waals surface area (Å²) in [7, 11) is 0. The molecule has 0 radical (unpaired) electrons. The Kier molecular flexibility index (Phi) is 50.1. The van der Waals surface area contributed by atoms with Gasteiger partial charge in [-0.05, 0) is 32.1 Å². The lowest BCUT2D eigenvalue weighted by molar-refractivity contribution is -0.143. The molecule has 0 aromatic carbocycles. The van der Waals surface area contributed by atoms with Crippen molar-refractivity contribution in [2.24, 2.45) is 0 Å². The summed E-state index contributed by atoms with van der Waals surface area (Å²) < 4.78 is 5.46. The van der Waals surface area contributed by atoms with Crippen molar-refractivity contribution in [2.45, 2.75) is 315 Å². The Bertz CT molecular complexity index is 909. The molecule has 0 saturated carbocycles. The molecule has 0 rings (SSSR count). The number of unbranched alkanes of at least 4 members (excludes halogenated alkanes) is 40. The third kappa shape index (κ3) is 47.9. The number of carbonyl (C=O) groups excluding carboxylic acids is 2. The van der Waals surface area contributed by atoms with Crippen molar-refractivity contribution >= 4 is 11.9 Å². The number of aliphatic hydroxyl groups excluding tert-OH is 2. The zero-order valence-electron chi connectivity index (χ0n) is 41.2. The number of rotatable bonds is 51. The number of allylic oxidation sites excluding steroid dienone is 1. The molecule has 0 aliphatic heterocycles. The van der Waals surface area contributed by atoms with Crippen LogP contribution in [0.15, 0.2) is 12.2 Å². The maximum Gasteiger partial charge on any atom is 0.305 e. The van der Waals surface area contributed by atoms with Crippen LogP contribution in [-0.4, -0.2) is 47.4 Å². The van der Waals surface area contributed by atoms with E-state index in [0.29, 0.717) is 19.4 Å². The molecule has 3 N–H and O–H groups in total. The Morgan fingerprint density at radius 2 is 0.754 bits per heavy atom. The quantitative estimate of drug-likeness (QED) is 0.0322. The summed E-state index contributed by atoms with van der Waals surface area (Å²) >= 11 is 0. The van der Waals surface area contributed by atoms with E-state index in [9.17, 15) is 19.8 Å². The van der Waals surface area contributed by atoms with Gasteiger partial charge in [-0.1, -0.05) is 270 Å². The van der Waals surface area contributed by atoms with Gasteiger partial charge in [-0.3, -0.25) is 9.59 Å². The minimum absolute atomic E-state index is 0.00641. The largest absolute Gasteiger partial charge is 0.466 e. The number of hydrogen-bond donors (Lipinski definition) is 3. The van der Waals surface area contributed by atoms with Crippen LogP contribution < -0.4 is 5.32 Å². The molecule has 0 saturated heterocycles. The number of hydrogen-bond acceptors (Lipinski definition) is 5. The van der Waals surface area contributed by atoms with Crippen LogP contribution in [0.25, 0.3) is 0 Å². The molecular formula is C55H107NO5. The molecular weight excluding hydrogens is 755 g/mol. The SMILES string of the molecule is CCCCCCCCCCCCCCC/C=C/C(O)C(CO)NC(=O)CCCCCCCCCCCCCCCCCCCCOC(=O)CCCCCCCCCCCCC. The number of aliphatic hydroxyl groups is 2. The molecule has 0 aliphatic rings. The van der Waals surface area contributed by atoms with Gasteiger partial charge in [0, 0.05) is 12.8 Å². The Balaban J connectivity index is 3.44. The van der Waals surface area contributed by atoms with Crippen LogP contribution in [0.3, 0.4) is 0 Å². The van der Waals surface area contributed by atoms with Crippen LogP contribution >= 0.6 is 0 Å². The van der Waals surface area contributed by atoms with E-state index in [1.54, 1.807) is 6.08 Å². The van der Waals surface area contributed by atoms with Crippen LogP contribution in [-0.2, 0) is 14.3 Å². The molecule has 6 nitrogen and oxygen atoms in total. The van der Waals surface area contributed by atoms with Gasteiger partial charge < -0.3 is 20.3 Å². The highest BCUT2D eigenvalue weighted by Crippen LogP contribution is 2.17. The van der Waals surface area contributed by atoms with Crippen molar-refractivity contribution in [2.75, 3.05) is 13.2 Å². The van der Waals surface area contributed by atoms with Gasteiger partial charge in [-0.2, -0.15) is 0 Å². The molecule has 0 aromatic heterocycles. The van der Waals surface area contributed by atoms with Crippen LogP contribution in [0.1, 0.15) is 303 Å². The molecule has 362 valence electrons. The highest BCUT2D eigenvalue weighted by Gasteiger charge is 2.18. The summed E-state index contributed by atoms with van der Waals surface area (Å²) in [5, 5.41) is 23.1. The van der Waals surface area contributed by atoms with Gasteiger partial charge in [0.15, 0.2) is 0 Å². The summed E-state index contributed by atoms with van der Waals surface area (Å²) in [6.45, 7) is 4.90. The molecule has 2 atom stereocenters. The first-order chi connectivity index (χ1) is 30.0. The molecule has 1 amide bonds. The van der Waals surface area contributed by atoms with Gasteiger partial charge in [-0.25, -0.2) is 0 Å². The van der Waals surface area contributed by atoms with E-state index in [1.165, 1.54) is 238 Å². The number of esters is 1. The van der Waals surface area contributed by atoms with Crippen molar-refractivity contribution in [1.82, 2.24) is 5.32 Å². The van der Waals surface area contributed by atoms with Gasteiger partial charge in [0.2, 0.25) is 5.91 Å². The van der Waals surface area contributed by atoms with Gasteiger partial charge in [0.05, 0.1) is 25.4 Å². The van der Waals surface area contributed by atoms with E-state index in [-0.39, 0.29) is 18.5 Å². The third-order valence-corrected chi connectivity index (χ3v) is 12.8. The predicted octanol–water partition coefficient (Wildman–Crippen LogP) is 16.5. The maximum atomic E-state index is 12.4. The highest BCUT2D eigenvalue weighted by molar-refractivity contribution is 5.76. The first-order valence-corrected chi connectivity index (χ1v) is 27.5. The molecule has 0 fully saturated rings. The van der Waals surface area contributed by atoms with Crippen molar-refractivity contribution in [3.63, 3.8) is 0 Å². The molecule has 2 unspecified atom stereocenters. The monoisotopic (exact) mass is 862 g/mol. The predicted molar refractivity (Wildman–Crippen MR) is 264 cm³/mol. The van der Waals surface area contributed by atoms with E-state index in [1.807, 2.05) is 6.08 Å². The van der Waals surface area contributed by atoms with E-state index in [0.717, 1.165) is 38.5 Å². The zero-order valence-corrected chi connectivity index (χ0v) is 41.2. The van der Waals surface area contributed by atoms with Crippen LogP contribution in [0, 0.1) is 0 Å². The number of nitrogens with one attached hydrogen (secondary N) is 1. The lowest BCUT2D eigenvalue weighted by Crippen LogP contribution is -2.45. The first kappa shape index (κ1) is 59.6. The molecule has 0 aromatic rings. The van der Waals surface area contributed by atoms with Crippen molar-refractivity contribution in [1.29, 1.82) is 0 Å². The van der Waals surface area contributed by atoms with E-state index >= 15 is 0 Å². The van der Waals surface area contributed by atoms with Crippen LogP contribution in [0.2, 0.25) is 0 Å². The van der Waals surface area contributed by atoms with Gasteiger partial charge >= 0.3 is 5.97 Å². The Hall–Kier alpha value is -1.40. The summed E-state index contributed by atoms with van der Waals surface area (Å²) in [4.78, 5) is 24.4. The number of carbonyl (C=O) groups is 2. The Labute approximate surface area is 380 Å². The van der Waals surface area contributed by atoms with Crippen molar-refractivity contribution in [3.05, 3.63) is 12.2 Å². The van der Waals surface area contributed by atoms with Gasteiger partial charge in [0.1, 0.15) is 0 Å². The molecule has 0 aliphatic carbocycles. The van der Waals surface area contributed by atoms with Crippen molar-refractivity contribution < 1.29 is 24.5 Å². The first-order valence-electron chi connectivity index (χ1n) is 27.5. The minimum Gasteiger partial charge on any atom is -0.466 e. The lowest BCUT2D eigenvalue weighted by atomic mass is 10.0. The Morgan fingerprint density at radius 3 is 1.11 bits per heavy atom. The average molecular weight is 862 g/mol. The second-order valence-electron chi connectivity index (χ2n) is 18.9. The van der Waals surface area contributed by atoms with E-state index in [2.05, 4.69) is 19.2 Å². The van der Waals surface area contributed by atoms with Crippen LogP contribution in [0.4, 0.5) is 0 Å². The molecule has 61 heavy (non-hydrogen) atoms. The molecule has 0 heterocycles. The van der Waals surface area contributed by atoms with Gasteiger partial charge in [0.25, 0.3) is 0 Å². The summed E-state index contributed by atoms with van der Waals surface area (Å²) in [5.74, 6) is -0.0640.